The molecule has 2 rings (SSSR count). The van der Waals surface area contributed by atoms with Gasteiger partial charge >= 0.3 is 0 Å². The Morgan fingerprint density at radius 1 is 1.27 bits per heavy atom. The van der Waals surface area contributed by atoms with E-state index in [1.807, 2.05) is 0 Å². The summed E-state index contributed by atoms with van der Waals surface area (Å²) in [6.45, 7) is 0. The maximum Gasteiger partial charge on any atom is 0.149 e. The van der Waals surface area contributed by atoms with Gasteiger partial charge in [0.15, 0.2) is 0 Å². The van der Waals surface area contributed by atoms with E-state index in [0.29, 0.717) is 5.69 Å². The smallest absolute Gasteiger partial charge is 0.149 e. The Labute approximate surface area is 84.9 Å². The summed E-state index contributed by atoms with van der Waals surface area (Å²) in [5, 5.41) is 2.82. The number of fused-ring (bicyclic) bond motifs is 1. The molecule has 0 fully saturated rings. The average Bonchev–Trinajstić information content (AvgIpc) is 2.23. The first kappa shape index (κ1) is 9.64. The summed E-state index contributed by atoms with van der Waals surface area (Å²) in [5.41, 5.74) is 6.23. The molecule has 0 atom stereocenters. The Kier molecular flexibility index (Phi) is 2.15. The van der Waals surface area contributed by atoms with Crippen molar-refractivity contribution in [3.63, 3.8) is 0 Å². The van der Waals surface area contributed by atoms with Crippen LogP contribution in [0.25, 0.3) is 10.9 Å². The van der Waals surface area contributed by atoms with Crippen LogP contribution in [0.2, 0.25) is 0 Å². The monoisotopic (exact) mass is 209 g/mol. The number of hydrogen-bond acceptors (Lipinski definition) is 3. The highest BCUT2D eigenvalue weighted by Gasteiger charge is 2.13. The molecule has 0 unspecified atom stereocenters. The van der Waals surface area contributed by atoms with Crippen molar-refractivity contribution in [2.75, 3.05) is 18.1 Å². The molecule has 0 bridgehead atoms. The molecule has 0 amide bonds. The second-order valence-electron chi connectivity index (χ2n) is 3.09. The first-order valence-corrected chi connectivity index (χ1v) is 4.35. The van der Waals surface area contributed by atoms with Crippen LogP contribution in [0, 0.1) is 11.6 Å². The zero-order chi connectivity index (χ0) is 11.0. The third kappa shape index (κ3) is 1.36. The van der Waals surface area contributed by atoms with Crippen LogP contribution in [-0.4, -0.2) is 12.0 Å². The third-order valence-corrected chi connectivity index (χ3v) is 2.20. The van der Waals surface area contributed by atoms with Crippen molar-refractivity contribution in [1.29, 1.82) is 0 Å². The molecule has 0 saturated heterocycles. The summed E-state index contributed by atoms with van der Waals surface area (Å²) >= 11 is 0. The van der Waals surface area contributed by atoms with E-state index >= 15 is 0 Å². The van der Waals surface area contributed by atoms with Crippen LogP contribution >= 0.6 is 0 Å². The van der Waals surface area contributed by atoms with Gasteiger partial charge in [-0.3, -0.25) is 4.98 Å². The van der Waals surface area contributed by atoms with Crippen molar-refractivity contribution in [2.24, 2.45) is 0 Å². The number of nitrogens with two attached hydrogens (primary N) is 1. The largest absolute Gasteiger partial charge is 0.396 e. The van der Waals surface area contributed by atoms with Gasteiger partial charge in [-0.15, -0.1) is 0 Å². The Balaban J connectivity index is 2.96. The summed E-state index contributed by atoms with van der Waals surface area (Å²) in [4.78, 5) is 3.77. The van der Waals surface area contributed by atoms with Crippen LogP contribution in [0.15, 0.2) is 18.3 Å². The Hall–Kier alpha value is -1.91. The Morgan fingerprint density at radius 3 is 2.60 bits per heavy atom. The highest BCUT2D eigenvalue weighted by molar-refractivity contribution is 5.97. The molecule has 0 radical (unpaired) electrons. The topological polar surface area (TPSA) is 50.9 Å². The number of nitrogens with one attached hydrogen (secondary N) is 1. The minimum absolute atomic E-state index is 0.0199. The van der Waals surface area contributed by atoms with Crippen LogP contribution in [-0.2, 0) is 0 Å². The molecule has 1 aromatic carbocycles. The van der Waals surface area contributed by atoms with E-state index in [0.717, 1.165) is 12.1 Å². The number of benzene rings is 1. The van der Waals surface area contributed by atoms with Crippen molar-refractivity contribution in [3.8, 4) is 0 Å². The summed E-state index contributed by atoms with van der Waals surface area (Å²) in [5.74, 6) is -1.11. The molecular formula is C10H9F2N3. The number of rotatable bonds is 1. The summed E-state index contributed by atoms with van der Waals surface area (Å²) in [7, 11) is 1.59. The molecule has 5 heteroatoms. The number of pyridine rings is 1. The van der Waals surface area contributed by atoms with E-state index in [1.54, 1.807) is 7.05 Å². The SMILES string of the molecule is CNc1c(N)cnc2c(F)ccc(F)c12. The second kappa shape index (κ2) is 3.34. The van der Waals surface area contributed by atoms with Crippen molar-refractivity contribution in [2.45, 2.75) is 0 Å². The molecule has 0 saturated carbocycles. The molecule has 1 aromatic heterocycles. The van der Waals surface area contributed by atoms with Gasteiger partial charge < -0.3 is 11.1 Å². The lowest BCUT2D eigenvalue weighted by atomic mass is 10.1. The lowest BCUT2D eigenvalue weighted by Gasteiger charge is -2.09. The van der Waals surface area contributed by atoms with Crippen LogP contribution in [0.1, 0.15) is 0 Å². The maximum atomic E-state index is 13.5. The zero-order valence-corrected chi connectivity index (χ0v) is 8.01. The van der Waals surface area contributed by atoms with Gasteiger partial charge in [-0.25, -0.2) is 8.78 Å². The maximum absolute atomic E-state index is 13.5. The molecule has 2 aromatic rings. The average molecular weight is 209 g/mol. The van der Waals surface area contributed by atoms with E-state index in [4.69, 9.17) is 5.73 Å². The number of nitrogens with zero attached hydrogens (tertiary/aromatic N) is 1. The van der Waals surface area contributed by atoms with E-state index in [2.05, 4.69) is 10.3 Å². The van der Waals surface area contributed by atoms with Gasteiger partial charge in [-0.1, -0.05) is 0 Å². The van der Waals surface area contributed by atoms with Gasteiger partial charge in [0.05, 0.1) is 23.0 Å². The van der Waals surface area contributed by atoms with Gasteiger partial charge in [0, 0.05) is 7.05 Å². The molecule has 0 aliphatic heterocycles. The Morgan fingerprint density at radius 2 is 1.93 bits per heavy atom. The van der Waals surface area contributed by atoms with E-state index in [-0.39, 0.29) is 16.6 Å². The molecule has 3 N–H and O–H groups in total. The number of anilines is 2. The molecule has 0 aliphatic carbocycles. The van der Waals surface area contributed by atoms with Crippen molar-refractivity contribution in [3.05, 3.63) is 30.0 Å². The molecule has 3 nitrogen and oxygen atoms in total. The lowest BCUT2D eigenvalue weighted by Crippen LogP contribution is -2.00. The molecular weight excluding hydrogens is 200 g/mol. The van der Waals surface area contributed by atoms with E-state index in [1.165, 1.54) is 6.20 Å². The molecule has 0 spiro atoms. The number of hydrogen-bond donors (Lipinski definition) is 2. The quantitative estimate of drug-likeness (QED) is 0.756. The molecule has 1 heterocycles. The fraction of sp³-hybridized carbons (Fsp3) is 0.100. The summed E-state index contributed by atoms with van der Waals surface area (Å²) in [6, 6.07) is 2.10. The van der Waals surface area contributed by atoms with Gasteiger partial charge in [0.25, 0.3) is 0 Å². The van der Waals surface area contributed by atoms with Gasteiger partial charge in [-0.05, 0) is 12.1 Å². The molecule has 0 aliphatic rings. The molecule has 15 heavy (non-hydrogen) atoms. The highest BCUT2D eigenvalue weighted by atomic mass is 19.1. The van der Waals surface area contributed by atoms with Crippen molar-refractivity contribution >= 4 is 22.3 Å². The minimum Gasteiger partial charge on any atom is -0.396 e. The fourth-order valence-corrected chi connectivity index (χ4v) is 1.52. The minimum atomic E-state index is -0.567. The fourth-order valence-electron chi connectivity index (χ4n) is 1.52. The molecule has 78 valence electrons. The predicted molar refractivity (Wildman–Crippen MR) is 55.6 cm³/mol. The third-order valence-electron chi connectivity index (χ3n) is 2.20. The normalized spacial score (nSPS) is 10.6. The Bertz CT molecular complexity index is 526. The first-order chi connectivity index (χ1) is 7.15. The highest BCUT2D eigenvalue weighted by Crippen LogP contribution is 2.30. The van der Waals surface area contributed by atoms with Crippen molar-refractivity contribution in [1.82, 2.24) is 4.98 Å². The van der Waals surface area contributed by atoms with Crippen LogP contribution in [0.5, 0.6) is 0 Å². The number of aromatic nitrogens is 1. The van der Waals surface area contributed by atoms with Gasteiger partial charge in [0.1, 0.15) is 17.2 Å². The van der Waals surface area contributed by atoms with Gasteiger partial charge in [-0.2, -0.15) is 0 Å². The summed E-state index contributed by atoms with van der Waals surface area (Å²) < 4.78 is 26.8. The van der Waals surface area contributed by atoms with Gasteiger partial charge in [0.2, 0.25) is 0 Å². The lowest BCUT2D eigenvalue weighted by molar-refractivity contribution is 0.615. The first-order valence-electron chi connectivity index (χ1n) is 4.35. The van der Waals surface area contributed by atoms with Crippen LogP contribution in [0.4, 0.5) is 20.2 Å². The van der Waals surface area contributed by atoms with Crippen LogP contribution in [0.3, 0.4) is 0 Å². The zero-order valence-electron chi connectivity index (χ0n) is 8.01. The summed E-state index contributed by atoms with van der Waals surface area (Å²) in [6.07, 6.45) is 1.30. The van der Waals surface area contributed by atoms with Crippen molar-refractivity contribution < 1.29 is 8.78 Å². The number of nitrogen functional groups attached to an aromatic ring is 1. The number of halogens is 2. The van der Waals surface area contributed by atoms with E-state index < -0.39 is 11.6 Å². The van der Waals surface area contributed by atoms with E-state index in [9.17, 15) is 8.78 Å². The standard InChI is InChI=1S/C10H9F2N3/c1-14-10-7(13)4-15-9-6(12)3-2-5(11)8(9)10/h2-4H,13H2,1H3,(H,14,15). The second-order valence-corrected chi connectivity index (χ2v) is 3.09. The van der Waals surface area contributed by atoms with Crippen LogP contribution < -0.4 is 11.1 Å². The predicted octanol–water partition coefficient (Wildman–Crippen LogP) is 2.14.